The first-order valence-corrected chi connectivity index (χ1v) is 7.95. The van der Waals surface area contributed by atoms with E-state index in [9.17, 15) is 9.59 Å². The van der Waals surface area contributed by atoms with Crippen molar-refractivity contribution in [3.8, 4) is 0 Å². The predicted octanol–water partition coefficient (Wildman–Crippen LogP) is 3.39. The van der Waals surface area contributed by atoms with E-state index in [1.165, 1.54) is 0 Å². The maximum Gasteiger partial charge on any atom is 0.315 e. The summed E-state index contributed by atoms with van der Waals surface area (Å²) in [6.07, 6.45) is 0. The second-order valence-electron chi connectivity index (χ2n) is 5.48. The molecule has 24 heavy (non-hydrogen) atoms. The SMILES string of the molecule is Cc1ccc(CNC(=O)NCC(=O)Nc2cccc(Cl)c2C)cc1. The van der Waals surface area contributed by atoms with Gasteiger partial charge >= 0.3 is 6.03 Å². The Morgan fingerprint density at radius 2 is 1.71 bits per heavy atom. The standard InChI is InChI=1S/C18H20ClN3O2/c1-12-6-8-14(9-7-12)10-20-18(24)21-11-17(23)22-16-5-3-4-15(19)13(16)2/h3-9H,10-11H2,1-2H3,(H,22,23)(H2,20,21,24). The van der Waals surface area contributed by atoms with Gasteiger partial charge in [-0.05, 0) is 37.1 Å². The first-order valence-electron chi connectivity index (χ1n) is 7.58. The molecule has 2 aromatic carbocycles. The van der Waals surface area contributed by atoms with Crippen LogP contribution >= 0.6 is 11.6 Å². The molecule has 0 aromatic heterocycles. The van der Waals surface area contributed by atoms with Crippen molar-refractivity contribution in [2.45, 2.75) is 20.4 Å². The third-order valence-corrected chi connectivity index (χ3v) is 3.93. The molecule has 0 fully saturated rings. The van der Waals surface area contributed by atoms with Crippen molar-refractivity contribution in [2.24, 2.45) is 0 Å². The summed E-state index contributed by atoms with van der Waals surface area (Å²) in [4.78, 5) is 23.6. The van der Waals surface area contributed by atoms with Crippen LogP contribution in [0.1, 0.15) is 16.7 Å². The molecule has 2 rings (SSSR count). The van der Waals surface area contributed by atoms with Gasteiger partial charge in [-0.15, -0.1) is 0 Å². The minimum absolute atomic E-state index is 0.119. The number of hydrogen-bond acceptors (Lipinski definition) is 2. The molecule has 3 N–H and O–H groups in total. The number of carbonyl (C=O) groups excluding carboxylic acids is 2. The average Bonchev–Trinajstić information content (AvgIpc) is 2.56. The van der Waals surface area contributed by atoms with Gasteiger partial charge < -0.3 is 16.0 Å². The minimum Gasteiger partial charge on any atom is -0.334 e. The van der Waals surface area contributed by atoms with Gasteiger partial charge in [0.1, 0.15) is 0 Å². The van der Waals surface area contributed by atoms with Crippen molar-refractivity contribution < 1.29 is 9.59 Å². The number of amides is 3. The molecule has 0 aliphatic carbocycles. The van der Waals surface area contributed by atoms with Gasteiger partial charge in [0.2, 0.25) is 5.91 Å². The molecule has 0 heterocycles. The fraction of sp³-hybridized carbons (Fsp3) is 0.222. The van der Waals surface area contributed by atoms with Crippen LogP contribution in [0.2, 0.25) is 5.02 Å². The Kier molecular flexibility index (Phi) is 6.21. The lowest BCUT2D eigenvalue weighted by Gasteiger charge is -2.11. The summed E-state index contributed by atoms with van der Waals surface area (Å²) in [6, 6.07) is 12.7. The molecular weight excluding hydrogens is 326 g/mol. The summed E-state index contributed by atoms with van der Waals surface area (Å²) in [5.74, 6) is -0.314. The maximum absolute atomic E-state index is 11.9. The zero-order valence-electron chi connectivity index (χ0n) is 13.7. The largest absolute Gasteiger partial charge is 0.334 e. The van der Waals surface area contributed by atoms with Crippen LogP contribution in [-0.2, 0) is 11.3 Å². The van der Waals surface area contributed by atoms with E-state index in [4.69, 9.17) is 11.6 Å². The molecule has 0 aliphatic rings. The van der Waals surface area contributed by atoms with Crippen molar-refractivity contribution >= 4 is 29.2 Å². The Hall–Kier alpha value is -2.53. The van der Waals surface area contributed by atoms with Crippen LogP contribution in [0.25, 0.3) is 0 Å². The topological polar surface area (TPSA) is 70.2 Å². The van der Waals surface area contributed by atoms with Gasteiger partial charge in [-0.3, -0.25) is 4.79 Å². The highest BCUT2D eigenvalue weighted by Crippen LogP contribution is 2.22. The van der Waals surface area contributed by atoms with Gasteiger partial charge in [0.05, 0.1) is 6.54 Å². The summed E-state index contributed by atoms with van der Waals surface area (Å²) >= 11 is 6.00. The number of halogens is 1. The smallest absolute Gasteiger partial charge is 0.315 e. The molecule has 0 bridgehead atoms. The molecule has 0 saturated heterocycles. The van der Waals surface area contributed by atoms with E-state index in [1.54, 1.807) is 18.2 Å². The molecule has 0 radical (unpaired) electrons. The minimum atomic E-state index is -0.395. The Morgan fingerprint density at radius 3 is 2.42 bits per heavy atom. The van der Waals surface area contributed by atoms with E-state index in [0.717, 1.165) is 16.7 Å². The van der Waals surface area contributed by atoms with Crippen molar-refractivity contribution in [1.29, 1.82) is 0 Å². The number of benzene rings is 2. The van der Waals surface area contributed by atoms with Crippen LogP contribution in [0.4, 0.5) is 10.5 Å². The van der Waals surface area contributed by atoms with Gasteiger partial charge in [-0.2, -0.15) is 0 Å². The van der Waals surface area contributed by atoms with E-state index in [-0.39, 0.29) is 12.5 Å². The fourth-order valence-corrected chi connectivity index (χ4v) is 2.22. The van der Waals surface area contributed by atoms with Crippen LogP contribution in [0, 0.1) is 13.8 Å². The number of aryl methyl sites for hydroxylation is 1. The summed E-state index contributed by atoms with van der Waals surface area (Å²) in [7, 11) is 0. The highest BCUT2D eigenvalue weighted by molar-refractivity contribution is 6.31. The van der Waals surface area contributed by atoms with Gasteiger partial charge in [0, 0.05) is 17.3 Å². The molecule has 0 aliphatic heterocycles. The summed E-state index contributed by atoms with van der Waals surface area (Å²) in [6.45, 7) is 4.11. The van der Waals surface area contributed by atoms with Gasteiger partial charge in [0.15, 0.2) is 0 Å². The lowest BCUT2D eigenvalue weighted by atomic mass is 10.1. The second-order valence-corrected chi connectivity index (χ2v) is 5.89. The number of rotatable bonds is 5. The van der Waals surface area contributed by atoms with Crippen LogP contribution in [0.5, 0.6) is 0 Å². The first kappa shape index (κ1) is 17.8. The lowest BCUT2D eigenvalue weighted by molar-refractivity contribution is -0.115. The highest BCUT2D eigenvalue weighted by atomic mass is 35.5. The van der Waals surface area contributed by atoms with Crippen LogP contribution in [0.15, 0.2) is 42.5 Å². The van der Waals surface area contributed by atoms with Gasteiger partial charge in [-0.25, -0.2) is 4.79 Å². The molecule has 0 spiro atoms. The second kappa shape index (κ2) is 8.36. The fourth-order valence-electron chi connectivity index (χ4n) is 2.05. The Morgan fingerprint density at radius 1 is 1.00 bits per heavy atom. The van der Waals surface area contributed by atoms with Crippen molar-refractivity contribution in [3.63, 3.8) is 0 Å². The predicted molar refractivity (Wildman–Crippen MR) is 96.2 cm³/mol. The number of anilines is 1. The molecule has 3 amide bonds. The van der Waals surface area contributed by atoms with Crippen molar-refractivity contribution in [3.05, 3.63) is 64.2 Å². The number of hydrogen-bond donors (Lipinski definition) is 3. The van der Waals surface area contributed by atoms with Crippen LogP contribution in [-0.4, -0.2) is 18.5 Å². The molecule has 0 unspecified atom stereocenters. The molecule has 5 nitrogen and oxygen atoms in total. The molecule has 6 heteroatoms. The van der Waals surface area contributed by atoms with Gasteiger partial charge in [0.25, 0.3) is 0 Å². The first-order chi connectivity index (χ1) is 11.5. The van der Waals surface area contributed by atoms with Gasteiger partial charge in [-0.1, -0.05) is 47.5 Å². The van der Waals surface area contributed by atoms with E-state index >= 15 is 0 Å². The average molecular weight is 346 g/mol. The maximum atomic E-state index is 11.9. The normalized spacial score (nSPS) is 10.1. The Bertz CT molecular complexity index is 730. The van der Waals surface area contributed by atoms with Crippen LogP contribution < -0.4 is 16.0 Å². The monoisotopic (exact) mass is 345 g/mol. The Balaban J connectivity index is 1.75. The summed E-state index contributed by atoms with van der Waals surface area (Å²) in [5.41, 5.74) is 3.58. The zero-order valence-corrected chi connectivity index (χ0v) is 14.4. The quantitative estimate of drug-likeness (QED) is 0.777. The third kappa shape index (κ3) is 5.28. The molecule has 126 valence electrons. The van der Waals surface area contributed by atoms with Crippen molar-refractivity contribution in [1.82, 2.24) is 10.6 Å². The molecule has 0 saturated carbocycles. The van der Waals surface area contributed by atoms with E-state index in [0.29, 0.717) is 17.3 Å². The lowest BCUT2D eigenvalue weighted by Crippen LogP contribution is -2.39. The van der Waals surface area contributed by atoms with Crippen LogP contribution in [0.3, 0.4) is 0 Å². The van der Waals surface area contributed by atoms with E-state index in [2.05, 4.69) is 16.0 Å². The van der Waals surface area contributed by atoms with Crippen molar-refractivity contribution in [2.75, 3.05) is 11.9 Å². The molecular formula is C18H20ClN3O2. The van der Waals surface area contributed by atoms with E-state index in [1.807, 2.05) is 38.1 Å². The highest BCUT2D eigenvalue weighted by Gasteiger charge is 2.08. The molecule has 0 atom stereocenters. The summed E-state index contributed by atoms with van der Waals surface area (Å²) in [5, 5.41) is 8.53. The number of nitrogens with one attached hydrogen (secondary N) is 3. The Labute approximate surface area is 146 Å². The summed E-state index contributed by atoms with van der Waals surface area (Å²) < 4.78 is 0. The number of carbonyl (C=O) groups is 2. The van der Waals surface area contributed by atoms with E-state index < -0.39 is 6.03 Å². The number of urea groups is 1. The zero-order chi connectivity index (χ0) is 17.5. The third-order valence-electron chi connectivity index (χ3n) is 3.52. The molecule has 2 aromatic rings.